The van der Waals surface area contributed by atoms with Gasteiger partial charge in [0.1, 0.15) is 90.3 Å². The molecule has 3 aliphatic heterocycles. The number of unbranched alkanes of at least 4 members (excludes halogenated alkanes) is 1. The maximum absolute atomic E-state index is 15.0. The van der Waals surface area contributed by atoms with Crippen LogP contribution in [0.2, 0.25) is 0 Å². The third-order valence-corrected chi connectivity index (χ3v) is 22.8. The lowest BCUT2D eigenvalue weighted by molar-refractivity contribution is -0.143. The molecule has 0 unspecified atom stereocenters. The molecule has 3 aromatic rings. The number of phenolic OH excluding ortho intramolecular Hbond substituents is 1. The van der Waals surface area contributed by atoms with Gasteiger partial charge in [0, 0.05) is 73.9 Å². The van der Waals surface area contributed by atoms with E-state index in [4.69, 9.17) is 28.3 Å². The highest BCUT2D eigenvalue weighted by Gasteiger charge is 2.43. The van der Waals surface area contributed by atoms with E-state index >= 15 is 4.79 Å². The number of carboxylic acids is 2. The Kier molecular flexibility index (Phi) is 40.2. The van der Waals surface area contributed by atoms with Crippen LogP contribution in [-0.4, -0.2) is 290 Å². The summed E-state index contributed by atoms with van der Waals surface area (Å²) in [6, 6.07) is -9.34. The number of carboxylic acid groups (broad SMARTS) is 2. The fourth-order valence-electron chi connectivity index (χ4n) is 13.4. The van der Waals surface area contributed by atoms with Gasteiger partial charge >= 0.3 is 11.9 Å². The van der Waals surface area contributed by atoms with Crippen LogP contribution in [0.15, 0.2) is 54.7 Å². The Balaban J connectivity index is 1.27. The van der Waals surface area contributed by atoms with Crippen LogP contribution in [0.5, 0.6) is 5.75 Å². The number of carbonyl (C=O) groups is 19. The van der Waals surface area contributed by atoms with E-state index in [0.717, 1.165) is 26.5 Å². The normalized spacial score (nSPS) is 26.3. The minimum atomic E-state index is -1.74. The summed E-state index contributed by atoms with van der Waals surface area (Å²) in [5.74, 6) is -20.0. The number of carbonyl (C=O) groups excluding carboxylic acids is 17. The van der Waals surface area contributed by atoms with Crippen molar-refractivity contribution in [3.8, 4) is 5.75 Å². The zero-order valence-corrected chi connectivity index (χ0v) is 70.9. The fourth-order valence-corrected chi connectivity index (χ4v) is 15.7. The van der Waals surface area contributed by atoms with Crippen molar-refractivity contribution in [1.82, 2.24) is 94.5 Å². The first kappa shape index (κ1) is 100. The maximum atomic E-state index is 15.0. The van der Waals surface area contributed by atoms with Gasteiger partial charge in [-0.15, -0.1) is 0 Å². The number of primary amides is 1. The Morgan fingerprint density at radius 2 is 0.960 bits per heavy atom. The molecule has 0 spiro atoms. The van der Waals surface area contributed by atoms with Crippen LogP contribution in [0.4, 0.5) is 0 Å². The van der Waals surface area contributed by atoms with Gasteiger partial charge in [-0.2, -0.15) is 0 Å². The second-order valence-electron chi connectivity index (χ2n) is 30.2. The molecule has 0 saturated carbocycles. The van der Waals surface area contributed by atoms with Crippen molar-refractivity contribution in [3.05, 3.63) is 65.9 Å². The van der Waals surface area contributed by atoms with Gasteiger partial charge in [0.15, 0.2) is 5.96 Å². The first-order valence-corrected chi connectivity index (χ1v) is 42.9. The number of rotatable bonds is 19. The Morgan fingerprint density at radius 1 is 0.492 bits per heavy atom. The van der Waals surface area contributed by atoms with Crippen molar-refractivity contribution < 1.29 is 106 Å². The molecule has 680 valence electrons. The van der Waals surface area contributed by atoms with E-state index in [1.165, 1.54) is 63.8 Å². The van der Waals surface area contributed by atoms with Gasteiger partial charge < -0.3 is 133 Å². The third kappa shape index (κ3) is 32.1. The molecule has 4 heterocycles. The Bertz CT molecular complexity index is 4370. The number of H-pyrrole nitrogens is 1. The topological polar surface area (TPSA) is 716 Å². The number of para-hydroxylation sites is 1. The van der Waals surface area contributed by atoms with E-state index in [2.05, 4.69) is 84.7 Å². The molecular formula is C77H113N23O22S2. The molecule has 6 rings (SSSR count). The van der Waals surface area contributed by atoms with E-state index in [1.807, 2.05) is 0 Å². The number of fused-ring (bicyclic) bond motifs is 3. The predicted molar refractivity (Wildman–Crippen MR) is 449 cm³/mol. The summed E-state index contributed by atoms with van der Waals surface area (Å²) >= 11 is 0. The number of nitrogens with two attached hydrogens (primary N) is 4. The zero-order chi connectivity index (χ0) is 91.6. The number of amides is 17. The van der Waals surface area contributed by atoms with E-state index in [1.54, 1.807) is 30.5 Å². The van der Waals surface area contributed by atoms with Gasteiger partial charge in [-0.1, -0.05) is 51.9 Å². The van der Waals surface area contributed by atoms with Crippen LogP contribution in [0, 0.1) is 5.41 Å². The number of hydrogen-bond donors (Lipinski definition) is 24. The number of nitrogens with one attached hydrogen (secondary N) is 17. The summed E-state index contributed by atoms with van der Waals surface area (Å²) in [6.07, 6.45) is -0.150. The number of aromatic hydroxyl groups is 1. The minimum absolute atomic E-state index is 0.0115. The van der Waals surface area contributed by atoms with Gasteiger partial charge in [-0.25, -0.2) is 4.79 Å². The summed E-state index contributed by atoms with van der Waals surface area (Å²) in [6.45, 7) is 4.92. The molecule has 45 nitrogen and oxygen atoms in total. The third-order valence-electron chi connectivity index (χ3n) is 20.3. The Morgan fingerprint density at radius 3 is 1.56 bits per heavy atom. The molecule has 28 N–H and O–H groups in total. The predicted octanol–water partition coefficient (Wildman–Crippen LogP) is -6.88. The van der Waals surface area contributed by atoms with Crippen molar-refractivity contribution in [2.24, 2.45) is 22.9 Å². The van der Waals surface area contributed by atoms with Crippen LogP contribution < -0.4 is 103 Å². The van der Waals surface area contributed by atoms with Gasteiger partial charge in [-0.3, -0.25) is 91.7 Å². The monoisotopic (exact) mass is 1780 g/mol. The molecule has 47 heteroatoms. The number of aromatic amines is 1. The van der Waals surface area contributed by atoms with Crippen LogP contribution >= 0.6 is 21.6 Å². The van der Waals surface area contributed by atoms with Gasteiger partial charge in [0.05, 0.1) is 19.1 Å². The maximum Gasteiger partial charge on any atom is 0.327 e. The number of guanidine groups is 1. The number of benzene rings is 2. The molecule has 1 aromatic heterocycles. The van der Waals surface area contributed by atoms with Crippen LogP contribution in [0.25, 0.3) is 10.9 Å². The summed E-state index contributed by atoms with van der Waals surface area (Å²) in [4.78, 5) is 266. The summed E-state index contributed by atoms with van der Waals surface area (Å²) in [7, 11) is 1.74. The van der Waals surface area contributed by atoms with Crippen molar-refractivity contribution in [2.45, 2.75) is 222 Å². The lowest BCUT2D eigenvalue weighted by Gasteiger charge is -2.31. The highest BCUT2D eigenvalue weighted by Crippen LogP contribution is 2.26. The van der Waals surface area contributed by atoms with Gasteiger partial charge in [-0.05, 0) is 141 Å². The SMILES string of the molecule is C[C@@H]1NC(=O)CNC(=O)[C@H](C)NC(=O)[C@@H]2CCCN2C(=O)[C@H](C)NC(=O)[C@H](CCC(=O)O)NC(=O)[C@H](CCCNC(=N)N)NC(=O)[C@H](CCC(N)=O)NC(=O)CNC(=O)[C@@H](N)CSSC[C@@H](C(=O)O)NC(=O)[C@H](Cc2ccc(O)cc2)NC(=O)[C@H](Cc2c[nH]c3ccccc23)NC(=O)[C@@H]2CCCN2C(=O)[C@H](CCCCN)NC(=O)[C@H](C)NC(=O)[C@H](C)NC1=O. The van der Waals surface area contributed by atoms with Gasteiger partial charge in [0.2, 0.25) is 100 Å². The van der Waals surface area contributed by atoms with Gasteiger partial charge in [0.25, 0.3) is 0 Å². The molecule has 3 aliphatic rings. The smallest absolute Gasteiger partial charge is 0.327 e. The van der Waals surface area contributed by atoms with E-state index < -0.39 is 253 Å². The first-order chi connectivity index (χ1) is 58.7. The Hall–Kier alpha value is -12.4. The molecular weight excluding hydrogens is 1660 g/mol. The average Bonchev–Trinajstić information content (AvgIpc) is 1.63. The Labute approximate surface area is 720 Å². The van der Waals surface area contributed by atoms with Crippen LogP contribution in [-0.2, 0) is 104 Å². The second-order valence-corrected chi connectivity index (χ2v) is 32.7. The van der Waals surface area contributed by atoms with Crippen LogP contribution in [0.3, 0.4) is 0 Å². The molecule has 2 aromatic carbocycles. The van der Waals surface area contributed by atoms with E-state index in [9.17, 15) is 102 Å². The molecule has 0 bridgehead atoms. The standard InChI is InChI=1S/C77H113N23O22S2/c1-38-62(107)85-34-59(103)87-39(2)63(108)88-40(3)64(109)89-41(4)65(110)95-52(15-8-9-27-78)75(120)100-30-12-18-57(100)73(118)97-54(32-44-33-84-48-14-7-6-13-46(44)48)71(116)96-53(31-43-19-21-45(101)22-20-43)70(115)98-55(76(121)122)37-124-123-36-47(79)66(111)86-35-60(104)92-50(23-25-58(80)102)69(114)93-49(16-10-28-83-77(81)82)68(113)94-51(24-26-61(105)106)67(112)91-42(5)74(119)99-29-11-17-56(99)72(117)90-38/h6-7,13-14,19-22,33,38-42,47,49-57,84,101H,8-12,15-18,23-32,34-37,78-79H2,1-5H3,(H2,80,102)(H,85,107)(H,86,111)(H,87,103)(H,88,108)(H,89,109)(H,90,117)(H,91,112)(H,92,104)(H,93,114)(H,94,113)(H,95,110)(H,96,116)(H,97,118)(H,98,115)(H,105,106)(H,121,122)(H4,81,82,83)/t38-,39-,40-,41-,42-,47-,49-,50-,51-,52-,53-,54-,55-,56-,57-/m0/s1. The van der Waals surface area contributed by atoms with E-state index in [-0.39, 0.29) is 95.5 Å². The zero-order valence-electron chi connectivity index (χ0n) is 69.2. The van der Waals surface area contributed by atoms with Crippen LogP contribution in [0.1, 0.15) is 129 Å². The highest BCUT2D eigenvalue weighted by molar-refractivity contribution is 8.76. The molecule has 0 aliphatic carbocycles. The lowest BCUT2D eigenvalue weighted by atomic mass is 10.0. The average molecular weight is 1780 g/mol. The summed E-state index contributed by atoms with van der Waals surface area (Å²) in [5, 5.41) is 75.7. The molecule has 17 amide bonds. The number of aromatic nitrogens is 1. The summed E-state index contributed by atoms with van der Waals surface area (Å²) in [5.41, 5.74) is 24.5. The number of aliphatic carboxylic acids is 2. The van der Waals surface area contributed by atoms with Crippen molar-refractivity contribution >= 4 is 151 Å². The second kappa shape index (κ2) is 49.6. The summed E-state index contributed by atoms with van der Waals surface area (Å²) < 4.78 is 0. The van der Waals surface area contributed by atoms with Crippen molar-refractivity contribution in [1.29, 1.82) is 5.41 Å². The quantitative estimate of drug-likeness (QED) is 0.0230. The molecule has 3 fully saturated rings. The van der Waals surface area contributed by atoms with E-state index in [0.29, 0.717) is 34.9 Å². The molecule has 124 heavy (non-hydrogen) atoms. The number of phenols is 1. The minimum Gasteiger partial charge on any atom is -0.508 e. The molecule has 3 saturated heterocycles. The number of hydrogen-bond acceptors (Lipinski definition) is 25. The first-order valence-electron chi connectivity index (χ1n) is 40.4. The van der Waals surface area contributed by atoms with Crippen molar-refractivity contribution in [3.63, 3.8) is 0 Å². The fraction of sp³-hybridized carbons (Fsp3) is 0.558. The highest BCUT2D eigenvalue weighted by atomic mass is 33.1. The molecule has 15 atom stereocenters. The molecule has 0 radical (unpaired) electrons. The number of nitrogens with zero attached hydrogens (tertiary/aromatic N) is 2. The largest absolute Gasteiger partial charge is 0.508 e. The lowest BCUT2D eigenvalue weighted by Crippen LogP contribution is -2.60. The van der Waals surface area contributed by atoms with Crippen molar-refractivity contribution in [2.75, 3.05) is 50.8 Å².